The van der Waals surface area contributed by atoms with Crippen LogP contribution in [0.3, 0.4) is 0 Å². The van der Waals surface area contributed by atoms with Gasteiger partial charge in [-0.25, -0.2) is 0 Å². The number of para-hydroxylation sites is 1. The van der Waals surface area contributed by atoms with E-state index in [9.17, 15) is 0 Å². The van der Waals surface area contributed by atoms with Crippen LogP contribution in [0.4, 0.5) is 0 Å². The van der Waals surface area contributed by atoms with Gasteiger partial charge in [-0.1, -0.05) is 39.0 Å². The molecule has 102 valence electrons. The van der Waals surface area contributed by atoms with E-state index in [1.54, 1.807) is 0 Å². The number of rotatable bonds is 8. The Bertz CT molecular complexity index is 339. The number of hydrogen-bond donors (Lipinski definition) is 1. The molecule has 0 saturated heterocycles. The maximum atomic E-state index is 5.76. The monoisotopic (exact) mass is 251 g/mol. The zero-order valence-electron chi connectivity index (χ0n) is 11.7. The summed E-state index contributed by atoms with van der Waals surface area (Å²) in [6.45, 7) is 8.15. The summed E-state index contributed by atoms with van der Waals surface area (Å²) in [6, 6.07) is 8.28. The van der Waals surface area contributed by atoms with Crippen LogP contribution in [0, 0.1) is 0 Å². The molecule has 3 nitrogen and oxygen atoms in total. The van der Waals surface area contributed by atoms with Crippen molar-refractivity contribution < 1.29 is 9.47 Å². The predicted octanol–water partition coefficient (Wildman–Crippen LogP) is 2.94. The first-order chi connectivity index (χ1) is 8.65. The van der Waals surface area contributed by atoms with Crippen LogP contribution in [-0.2, 0) is 4.74 Å². The molecule has 0 aliphatic heterocycles. The minimum atomic E-state index is 0.132. The van der Waals surface area contributed by atoms with Gasteiger partial charge >= 0.3 is 0 Å². The highest BCUT2D eigenvalue weighted by Crippen LogP contribution is 2.25. The number of ether oxygens (including phenoxy) is 2. The third-order valence-corrected chi connectivity index (χ3v) is 2.88. The van der Waals surface area contributed by atoms with E-state index < -0.39 is 0 Å². The molecule has 1 atom stereocenters. The maximum absolute atomic E-state index is 5.76. The Balaban J connectivity index is 2.31. The molecular weight excluding hydrogens is 226 g/mol. The second-order valence-corrected chi connectivity index (χ2v) is 4.78. The minimum Gasteiger partial charge on any atom is -0.491 e. The van der Waals surface area contributed by atoms with Crippen LogP contribution in [0.1, 0.15) is 38.7 Å². The highest BCUT2D eigenvalue weighted by atomic mass is 16.5. The average Bonchev–Trinajstić information content (AvgIpc) is 2.38. The van der Waals surface area contributed by atoms with E-state index in [2.05, 4.69) is 26.8 Å². The van der Waals surface area contributed by atoms with Crippen molar-refractivity contribution in [2.24, 2.45) is 5.73 Å². The molecule has 0 saturated carbocycles. The summed E-state index contributed by atoms with van der Waals surface area (Å²) in [6.07, 6.45) is 0.942. The lowest BCUT2D eigenvalue weighted by atomic mass is 10.0. The van der Waals surface area contributed by atoms with Crippen LogP contribution in [0.5, 0.6) is 5.75 Å². The van der Waals surface area contributed by atoms with E-state index in [1.807, 2.05) is 18.2 Å². The van der Waals surface area contributed by atoms with Crippen molar-refractivity contribution in [1.82, 2.24) is 0 Å². The molecule has 0 aromatic heterocycles. The van der Waals surface area contributed by atoms with Crippen molar-refractivity contribution in [1.29, 1.82) is 0 Å². The first-order valence-electron chi connectivity index (χ1n) is 6.70. The van der Waals surface area contributed by atoms with Gasteiger partial charge in [0.1, 0.15) is 12.4 Å². The lowest BCUT2D eigenvalue weighted by Crippen LogP contribution is -2.26. The molecular formula is C15H25NO2. The van der Waals surface area contributed by atoms with Gasteiger partial charge in [0.05, 0.1) is 13.2 Å². The van der Waals surface area contributed by atoms with Gasteiger partial charge in [0.15, 0.2) is 0 Å². The normalized spacial score (nSPS) is 12.7. The summed E-state index contributed by atoms with van der Waals surface area (Å²) < 4.78 is 11.2. The Hall–Kier alpha value is -1.06. The fourth-order valence-corrected chi connectivity index (χ4v) is 1.65. The second kappa shape index (κ2) is 8.11. The number of hydrogen-bond acceptors (Lipinski definition) is 3. The van der Waals surface area contributed by atoms with Gasteiger partial charge in [-0.15, -0.1) is 0 Å². The van der Waals surface area contributed by atoms with Crippen LogP contribution in [0.25, 0.3) is 0 Å². The molecule has 0 radical (unpaired) electrons. The second-order valence-electron chi connectivity index (χ2n) is 4.78. The average molecular weight is 251 g/mol. The Morgan fingerprint density at radius 1 is 1.17 bits per heavy atom. The van der Waals surface area contributed by atoms with Gasteiger partial charge in [0.25, 0.3) is 0 Å². The van der Waals surface area contributed by atoms with Crippen molar-refractivity contribution in [2.45, 2.75) is 39.2 Å². The van der Waals surface area contributed by atoms with E-state index in [-0.39, 0.29) is 6.04 Å². The molecule has 1 unspecified atom stereocenters. The van der Waals surface area contributed by atoms with E-state index in [0.29, 0.717) is 25.7 Å². The standard InChI is InChI=1S/C15H25NO2/c1-4-13(16)11-17-9-10-18-15-8-6-5-7-14(15)12(2)3/h5-8,12-13H,4,9-11,16H2,1-3H3. The van der Waals surface area contributed by atoms with E-state index in [0.717, 1.165) is 12.2 Å². The highest BCUT2D eigenvalue weighted by Gasteiger charge is 2.06. The van der Waals surface area contributed by atoms with E-state index in [4.69, 9.17) is 15.2 Å². The largest absolute Gasteiger partial charge is 0.491 e. The summed E-state index contributed by atoms with van der Waals surface area (Å²) in [4.78, 5) is 0. The van der Waals surface area contributed by atoms with Gasteiger partial charge in [-0.3, -0.25) is 0 Å². The lowest BCUT2D eigenvalue weighted by Gasteiger charge is -2.14. The smallest absolute Gasteiger partial charge is 0.122 e. The van der Waals surface area contributed by atoms with Gasteiger partial charge in [-0.05, 0) is 24.0 Å². The SMILES string of the molecule is CCC(N)COCCOc1ccccc1C(C)C. The molecule has 0 heterocycles. The molecule has 0 aliphatic rings. The maximum Gasteiger partial charge on any atom is 0.122 e. The molecule has 0 fully saturated rings. The first kappa shape index (κ1) is 15.0. The molecule has 1 aromatic rings. The molecule has 1 rings (SSSR count). The Morgan fingerprint density at radius 3 is 2.56 bits per heavy atom. The fourth-order valence-electron chi connectivity index (χ4n) is 1.65. The quantitative estimate of drug-likeness (QED) is 0.722. The van der Waals surface area contributed by atoms with Crippen LogP contribution in [0.2, 0.25) is 0 Å². The Labute approximate surface area is 110 Å². The highest BCUT2D eigenvalue weighted by molar-refractivity contribution is 5.35. The van der Waals surface area contributed by atoms with Crippen molar-refractivity contribution in [2.75, 3.05) is 19.8 Å². The van der Waals surface area contributed by atoms with Gasteiger partial charge in [0, 0.05) is 6.04 Å². The number of nitrogens with two attached hydrogens (primary N) is 1. The van der Waals surface area contributed by atoms with Gasteiger partial charge < -0.3 is 15.2 Å². The summed E-state index contributed by atoms with van der Waals surface area (Å²) in [5, 5.41) is 0. The molecule has 0 amide bonds. The Kier molecular flexibility index (Phi) is 6.76. The molecule has 3 heteroatoms. The van der Waals surface area contributed by atoms with E-state index in [1.165, 1.54) is 5.56 Å². The zero-order chi connectivity index (χ0) is 13.4. The summed E-state index contributed by atoms with van der Waals surface area (Å²) in [7, 11) is 0. The molecule has 1 aromatic carbocycles. The first-order valence-corrected chi connectivity index (χ1v) is 6.70. The fraction of sp³-hybridized carbons (Fsp3) is 0.600. The molecule has 2 N–H and O–H groups in total. The van der Waals surface area contributed by atoms with Gasteiger partial charge in [-0.2, -0.15) is 0 Å². The molecule has 0 spiro atoms. The van der Waals surface area contributed by atoms with Gasteiger partial charge in [0.2, 0.25) is 0 Å². The number of benzene rings is 1. The minimum absolute atomic E-state index is 0.132. The lowest BCUT2D eigenvalue weighted by molar-refractivity contribution is 0.0893. The van der Waals surface area contributed by atoms with Crippen LogP contribution in [-0.4, -0.2) is 25.9 Å². The van der Waals surface area contributed by atoms with Crippen LogP contribution >= 0.6 is 0 Å². The van der Waals surface area contributed by atoms with Crippen LogP contribution in [0.15, 0.2) is 24.3 Å². The molecule has 0 bridgehead atoms. The predicted molar refractivity (Wildman–Crippen MR) is 75.1 cm³/mol. The summed E-state index contributed by atoms with van der Waals surface area (Å²) in [5.41, 5.74) is 7.00. The molecule has 0 aliphatic carbocycles. The van der Waals surface area contributed by atoms with Crippen molar-refractivity contribution in [3.05, 3.63) is 29.8 Å². The summed E-state index contributed by atoms with van der Waals surface area (Å²) in [5.74, 6) is 1.42. The van der Waals surface area contributed by atoms with Crippen molar-refractivity contribution in [3.8, 4) is 5.75 Å². The Morgan fingerprint density at radius 2 is 1.89 bits per heavy atom. The topological polar surface area (TPSA) is 44.5 Å². The third-order valence-electron chi connectivity index (χ3n) is 2.88. The third kappa shape index (κ3) is 5.07. The summed E-state index contributed by atoms with van der Waals surface area (Å²) >= 11 is 0. The van der Waals surface area contributed by atoms with E-state index >= 15 is 0 Å². The molecule has 18 heavy (non-hydrogen) atoms. The van der Waals surface area contributed by atoms with Crippen molar-refractivity contribution in [3.63, 3.8) is 0 Å². The van der Waals surface area contributed by atoms with Crippen LogP contribution < -0.4 is 10.5 Å². The van der Waals surface area contributed by atoms with Crippen molar-refractivity contribution >= 4 is 0 Å². The zero-order valence-corrected chi connectivity index (χ0v) is 11.7.